The molecule has 5 nitrogen and oxygen atoms in total. The lowest BCUT2D eigenvalue weighted by Crippen LogP contribution is -2.18. The maximum absolute atomic E-state index is 12.7. The highest BCUT2D eigenvalue weighted by Crippen LogP contribution is 2.38. The molecule has 1 N–H and O–H groups in total. The maximum atomic E-state index is 12.7. The predicted molar refractivity (Wildman–Crippen MR) is 111 cm³/mol. The van der Waals surface area contributed by atoms with E-state index in [1.807, 2.05) is 30.3 Å². The lowest BCUT2D eigenvalue weighted by atomic mass is 10.1. The maximum Gasteiger partial charge on any atom is 0.341 e. The molecule has 0 spiro atoms. The molecule has 0 aliphatic carbocycles. The van der Waals surface area contributed by atoms with Crippen molar-refractivity contribution in [2.45, 2.75) is 17.1 Å². The number of alkyl halides is 2. The molecule has 1 aliphatic heterocycles. The third kappa shape index (κ3) is 3.66. The van der Waals surface area contributed by atoms with Gasteiger partial charge < -0.3 is 10.2 Å². The number of carbonyl (C=O) groups is 1. The highest BCUT2D eigenvalue weighted by atomic mass is 32.2. The van der Waals surface area contributed by atoms with Crippen LogP contribution in [0, 0.1) is 0 Å². The Hall–Kier alpha value is -3.26. The van der Waals surface area contributed by atoms with Crippen LogP contribution in [-0.2, 0) is 16.3 Å². The number of rotatable bonds is 5. The summed E-state index contributed by atoms with van der Waals surface area (Å²) in [5.74, 6) is -3.97. The van der Waals surface area contributed by atoms with E-state index in [0.29, 0.717) is 5.69 Å². The quantitative estimate of drug-likeness (QED) is 0.644. The van der Waals surface area contributed by atoms with E-state index in [2.05, 4.69) is 16.3 Å². The van der Waals surface area contributed by atoms with Crippen LogP contribution in [0.15, 0.2) is 77.7 Å². The van der Waals surface area contributed by atoms with Gasteiger partial charge in [-0.05, 0) is 54.4 Å². The zero-order valence-electron chi connectivity index (χ0n) is 15.8. The van der Waals surface area contributed by atoms with E-state index in [0.717, 1.165) is 36.5 Å². The molecule has 0 saturated heterocycles. The fourth-order valence-corrected chi connectivity index (χ4v) is 4.22. The SMILES string of the molecule is O=C(Nc1ccccc1N1CCc2ccccc21)c1ccc(S(=O)(=O)C(F)F)cc1. The van der Waals surface area contributed by atoms with E-state index in [-0.39, 0.29) is 5.56 Å². The van der Waals surface area contributed by atoms with Gasteiger partial charge in [0.15, 0.2) is 0 Å². The Morgan fingerprint density at radius 2 is 1.53 bits per heavy atom. The average Bonchev–Trinajstić information content (AvgIpc) is 3.18. The third-order valence-electron chi connectivity index (χ3n) is 5.01. The van der Waals surface area contributed by atoms with Gasteiger partial charge in [-0.15, -0.1) is 0 Å². The van der Waals surface area contributed by atoms with Gasteiger partial charge in [0.05, 0.1) is 16.3 Å². The average molecular weight is 428 g/mol. The van der Waals surface area contributed by atoms with E-state index in [4.69, 9.17) is 0 Å². The zero-order valence-corrected chi connectivity index (χ0v) is 16.6. The Morgan fingerprint density at radius 3 is 2.23 bits per heavy atom. The molecular formula is C22H18F2N2O3S. The van der Waals surface area contributed by atoms with Crippen molar-refractivity contribution in [1.82, 2.24) is 0 Å². The number of benzene rings is 3. The van der Waals surface area contributed by atoms with E-state index in [1.54, 1.807) is 12.1 Å². The van der Waals surface area contributed by atoms with Gasteiger partial charge in [0.2, 0.25) is 9.84 Å². The molecule has 0 saturated carbocycles. The number of nitrogens with one attached hydrogen (secondary N) is 1. The summed E-state index contributed by atoms with van der Waals surface area (Å²) in [5, 5.41) is 2.84. The second-order valence-corrected chi connectivity index (χ2v) is 8.75. The van der Waals surface area contributed by atoms with Crippen LogP contribution in [0.2, 0.25) is 0 Å². The molecule has 30 heavy (non-hydrogen) atoms. The first-order valence-electron chi connectivity index (χ1n) is 9.26. The minimum Gasteiger partial charge on any atom is -0.339 e. The molecule has 4 rings (SSSR count). The monoisotopic (exact) mass is 428 g/mol. The highest BCUT2D eigenvalue weighted by Gasteiger charge is 2.27. The number of sulfone groups is 1. The van der Waals surface area contributed by atoms with Gasteiger partial charge >= 0.3 is 5.76 Å². The van der Waals surface area contributed by atoms with Gasteiger partial charge in [-0.25, -0.2) is 8.42 Å². The predicted octanol–water partition coefficient (Wildman–Crippen LogP) is 4.63. The van der Waals surface area contributed by atoms with Crippen molar-refractivity contribution in [3.63, 3.8) is 0 Å². The summed E-state index contributed by atoms with van der Waals surface area (Å²) in [6.45, 7) is 0.784. The van der Waals surface area contributed by atoms with Crippen LogP contribution >= 0.6 is 0 Å². The van der Waals surface area contributed by atoms with Crippen LogP contribution in [0.25, 0.3) is 0 Å². The van der Waals surface area contributed by atoms with Crippen molar-refractivity contribution in [2.24, 2.45) is 0 Å². The Balaban J connectivity index is 1.58. The standard InChI is InChI=1S/C22H18F2N2O3S/c23-22(24)30(28,29)17-11-9-16(10-12-17)21(27)25-18-6-2-4-8-20(18)26-14-13-15-5-1-3-7-19(15)26/h1-12,22H,13-14H2,(H,25,27). The van der Waals surface area contributed by atoms with E-state index in [1.165, 1.54) is 17.7 Å². The van der Waals surface area contributed by atoms with Crippen molar-refractivity contribution in [3.8, 4) is 0 Å². The Labute approximate surface area is 172 Å². The molecule has 154 valence electrons. The lowest BCUT2D eigenvalue weighted by Gasteiger charge is -2.23. The first-order valence-corrected chi connectivity index (χ1v) is 10.8. The minimum absolute atomic E-state index is 0.167. The second-order valence-electron chi connectivity index (χ2n) is 6.83. The number of para-hydroxylation sites is 3. The fraction of sp³-hybridized carbons (Fsp3) is 0.136. The highest BCUT2D eigenvalue weighted by molar-refractivity contribution is 7.91. The van der Waals surface area contributed by atoms with Gasteiger partial charge in [0.1, 0.15) is 0 Å². The molecule has 0 bridgehead atoms. The molecule has 0 aromatic heterocycles. The van der Waals surface area contributed by atoms with Gasteiger partial charge in [0, 0.05) is 17.8 Å². The van der Waals surface area contributed by atoms with Gasteiger partial charge in [0.25, 0.3) is 5.91 Å². The number of carbonyl (C=O) groups excluding carboxylic acids is 1. The molecule has 0 fully saturated rings. The summed E-state index contributed by atoms with van der Waals surface area (Å²) in [5.41, 5.74) is 3.92. The molecule has 1 amide bonds. The molecule has 3 aromatic carbocycles. The molecule has 3 aromatic rings. The molecule has 0 radical (unpaired) electrons. The van der Waals surface area contributed by atoms with E-state index < -0.39 is 26.4 Å². The number of halogens is 2. The van der Waals surface area contributed by atoms with Crippen LogP contribution in [0.1, 0.15) is 15.9 Å². The number of nitrogens with zero attached hydrogens (tertiary/aromatic N) is 1. The second kappa shape index (κ2) is 7.87. The summed E-state index contributed by atoms with van der Waals surface area (Å²) < 4.78 is 48.4. The summed E-state index contributed by atoms with van der Waals surface area (Å²) in [6, 6.07) is 19.9. The van der Waals surface area contributed by atoms with Crippen molar-refractivity contribution in [2.75, 3.05) is 16.8 Å². The molecule has 1 heterocycles. The summed E-state index contributed by atoms with van der Waals surface area (Å²) in [7, 11) is -4.70. The van der Waals surface area contributed by atoms with Crippen molar-refractivity contribution >= 4 is 32.8 Å². The topological polar surface area (TPSA) is 66.5 Å². The van der Waals surface area contributed by atoms with Crippen LogP contribution in [0.3, 0.4) is 0 Å². The molecular weight excluding hydrogens is 410 g/mol. The van der Waals surface area contributed by atoms with E-state index in [9.17, 15) is 22.0 Å². The largest absolute Gasteiger partial charge is 0.341 e. The lowest BCUT2D eigenvalue weighted by molar-refractivity contribution is 0.102. The first kappa shape index (κ1) is 20.0. The number of fused-ring (bicyclic) bond motifs is 1. The number of hydrogen-bond acceptors (Lipinski definition) is 4. The Morgan fingerprint density at radius 1 is 0.900 bits per heavy atom. The van der Waals surface area contributed by atoms with Gasteiger partial charge in [-0.2, -0.15) is 8.78 Å². The Bertz CT molecular complexity index is 1200. The number of hydrogen-bond donors (Lipinski definition) is 1. The van der Waals surface area contributed by atoms with Crippen molar-refractivity contribution in [1.29, 1.82) is 0 Å². The zero-order chi connectivity index (χ0) is 21.3. The van der Waals surface area contributed by atoms with Gasteiger partial charge in [-0.1, -0.05) is 30.3 Å². The first-order chi connectivity index (χ1) is 14.4. The molecule has 0 unspecified atom stereocenters. The fourth-order valence-electron chi connectivity index (χ4n) is 3.50. The molecule has 0 atom stereocenters. The summed E-state index contributed by atoms with van der Waals surface area (Å²) in [4.78, 5) is 14.3. The van der Waals surface area contributed by atoms with E-state index >= 15 is 0 Å². The smallest absolute Gasteiger partial charge is 0.339 e. The van der Waals surface area contributed by atoms with Crippen LogP contribution < -0.4 is 10.2 Å². The summed E-state index contributed by atoms with van der Waals surface area (Å²) >= 11 is 0. The molecule has 8 heteroatoms. The minimum atomic E-state index is -4.70. The normalized spacial score (nSPS) is 13.4. The summed E-state index contributed by atoms with van der Waals surface area (Å²) in [6.07, 6.45) is 0.901. The van der Waals surface area contributed by atoms with Crippen LogP contribution in [-0.4, -0.2) is 26.6 Å². The van der Waals surface area contributed by atoms with Crippen LogP contribution in [0.4, 0.5) is 25.8 Å². The van der Waals surface area contributed by atoms with Crippen LogP contribution in [0.5, 0.6) is 0 Å². The van der Waals surface area contributed by atoms with Gasteiger partial charge in [-0.3, -0.25) is 4.79 Å². The number of anilines is 3. The van der Waals surface area contributed by atoms with Crippen molar-refractivity contribution in [3.05, 3.63) is 83.9 Å². The number of amides is 1. The molecule has 1 aliphatic rings. The third-order valence-corrected chi connectivity index (χ3v) is 6.41. The Kier molecular flexibility index (Phi) is 5.26. The van der Waals surface area contributed by atoms with Crippen molar-refractivity contribution < 1.29 is 22.0 Å².